The molecule has 1 aromatic heterocycles. The van der Waals surface area contributed by atoms with E-state index in [4.69, 9.17) is 5.73 Å². The Morgan fingerprint density at radius 3 is 2.95 bits per heavy atom. The number of nitrogen functional groups attached to an aromatic ring is 1. The molecule has 102 valence electrons. The number of benzene rings is 1. The zero-order chi connectivity index (χ0) is 14.1. The van der Waals surface area contributed by atoms with E-state index < -0.39 is 0 Å². The van der Waals surface area contributed by atoms with E-state index in [-0.39, 0.29) is 5.78 Å². The number of carbonyl (C=O) groups is 1. The van der Waals surface area contributed by atoms with Crippen LogP contribution < -0.4 is 11.1 Å². The third-order valence-corrected chi connectivity index (χ3v) is 3.77. The highest BCUT2D eigenvalue weighted by Gasteiger charge is 2.18. The van der Waals surface area contributed by atoms with E-state index >= 15 is 0 Å². The predicted molar refractivity (Wildman–Crippen MR) is 78.7 cm³/mol. The Morgan fingerprint density at radius 2 is 2.15 bits per heavy atom. The van der Waals surface area contributed by atoms with Crippen LogP contribution in [0.25, 0.3) is 0 Å². The molecule has 0 fully saturated rings. The lowest BCUT2D eigenvalue weighted by Crippen LogP contribution is -2.24. The molecule has 0 amide bonds. The first-order valence-corrected chi connectivity index (χ1v) is 6.75. The summed E-state index contributed by atoms with van der Waals surface area (Å²) in [7, 11) is 0. The monoisotopic (exact) mass is 267 g/mol. The van der Waals surface area contributed by atoms with Crippen molar-refractivity contribution in [1.82, 2.24) is 10.3 Å². The molecular formula is C16H17N3O. The number of nitrogens with two attached hydrogens (primary N) is 1. The van der Waals surface area contributed by atoms with Crippen LogP contribution in [0.1, 0.15) is 32.6 Å². The minimum Gasteiger partial charge on any atom is -0.383 e. The number of hydrogen-bond donors (Lipinski definition) is 2. The number of aromatic nitrogens is 1. The Morgan fingerprint density at radius 1 is 1.30 bits per heavy atom. The maximum atomic E-state index is 12.6. The summed E-state index contributed by atoms with van der Waals surface area (Å²) in [5.41, 5.74) is 10.4. The summed E-state index contributed by atoms with van der Waals surface area (Å²) in [6, 6.07) is 7.71. The van der Waals surface area contributed by atoms with Crippen molar-refractivity contribution in [2.24, 2.45) is 0 Å². The number of nitrogens with zero attached hydrogens (tertiary/aromatic N) is 1. The van der Waals surface area contributed by atoms with E-state index in [1.54, 1.807) is 6.20 Å². The van der Waals surface area contributed by atoms with Crippen LogP contribution in [0, 0.1) is 6.92 Å². The second kappa shape index (κ2) is 5.06. The summed E-state index contributed by atoms with van der Waals surface area (Å²) >= 11 is 0. The SMILES string of the molecule is Cc1ccnc(N)c1C(=O)c1ccc2c(c1)CNCC2. The maximum absolute atomic E-state index is 12.6. The number of ketones is 1. The van der Waals surface area contributed by atoms with Gasteiger partial charge in [-0.1, -0.05) is 12.1 Å². The molecule has 0 saturated heterocycles. The second-order valence-corrected chi connectivity index (χ2v) is 5.13. The van der Waals surface area contributed by atoms with Crippen molar-refractivity contribution in [3.63, 3.8) is 0 Å². The van der Waals surface area contributed by atoms with Gasteiger partial charge < -0.3 is 11.1 Å². The van der Waals surface area contributed by atoms with Gasteiger partial charge in [0.05, 0.1) is 5.56 Å². The molecule has 0 aliphatic carbocycles. The molecular weight excluding hydrogens is 250 g/mol. The molecule has 0 atom stereocenters. The maximum Gasteiger partial charge on any atom is 0.197 e. The fourth-order valence-electron chi connectivity index (χ4n) is 2.64. The summed E-state index contributed by atoms with van der Waals surface area (Å²) in [5, 5.41) is 3.32. The van der Waals surface area contributed by atoms with Crippen molar-refractivity contribution < 1.29 is 4.79 Å². The van der Waals surface area contributed by atoms with Crippen LogP contribution in [0.2, 0.25) is 0 Å². The fraction of sp³-hybridized carbons (Fsp3) is 0.250. The van der Waals surface area contributed by atoms with E-state index in [1.165, 1.54) is 11.1 Å². The lowest BCUT2D eigenvalue weighted by molar-refractivity contribution is 0.103. The molecule has 0 radical (unpaired) electrons. The normalized spacial score (nSPS) is 13.8. The van der Waals surface area contributed by atoms with Crippen molar-refractivity contribution in [1.29, 1.82) is 0 Å². The van der Waals surface area contributed by atoms with E-state index in [0.717, 1.165) is 25.1 Å². The van der Waals surface area contributed by atoms with Gasteiger partial charge in [-0.05, 0) is 48.7 Å². The summed E-state index contributed by atoms with van der Waals surface area (Å²) in [4.78, 5) is 16.7. The molecule has 3 N–H and O–H groups in total. The molecule has 3 rings (SSSR count). The number of nitrogens with one attached hydrogen (secondary N) is 1. The summed E-state index contributed by atoms with van der Waals surface area (Å²) in [5.74, 6) is 0.243. The largest absolute Gasteiger partial charge is 0.383 e. The van der Waals surface area contributed by atoms with Crippen LogP contribution >= 0.6 is 0 Å². The van der Waals surface area contributed by atoms with E-state index in [1.807, 2.05) is 31.2 Å². The third kappa shape index (κ3) is 2.18. The summed E-state index contributed by atoms with van der Waals surface area (Å²) in [6.07, 6.45) is 2.64. The molecule has 2 aromatic rings. The lowest BCUT2D eigenvalue weighted by atomic mass is 9.94. The molecule has 0 bridgehead atoms. The number of carbonyl (C=O) groups excluding carboxylic acids is 1. The van der Waals surface area contributed by atoms with Gasteiger partial charge >= 0.3 is 0 Å². The summed E-state index contributed by atoms with van der Waals surface area (Å²) < 4.78 is 0. The number of aryl methyl sites for hydroxylation is 1. The Bertz CT molecular complexity index is 659. The molecule has 0 spiro atoms. The van der Waals surface area contributed by atoms with E-state index in [2.05, 4.69) is 10.3 Å². The zero-order valence-corrected chi connectivity index (χ0v) is 11.4. The van der Waals surface area contributed by atoms with E-state index in [0.29, 0.717) is 16.9 Å². The summed E-state index contributed by atoms with van der Waals surface area (Å²) in [6.45, 7) is 3.69. The highest BCUT2D eigenvalue weighted by molar-refractivity contribution is 6.12. The fourth-order valence-corrected chi connectivity index (χ4v) is 2.64. The quantitative estimate of drug-likeness (QED) is 0.815. The number of fused-ring (bicyclic) bond motifs is 1. The standard InChI is InChI=1S/C16H17N3O/c1-10-4-7-19-16(17)14(10)15(20)12-3-2-11-5-6-18-9-13(11)8-12/h2-4,7-8,18H,5-6,9H2,1H3,(H2,17,19). The average molecular weight is 267 g/mol. The van der Waals surface area contributed by atoms with Gasteiger partial charge in [-0.3, -0.25) is 4.79 Å². The van der Waals surface area contributed by atoms with Gasteiger partial charge in [-0.2, -0.15) is 0 Å². The highest BCUT2D eigenvalue weighted by atomic mass is 16.1. The smallest absolute Gasteiger partial charge is 0.197 e. The molecule has 1 aliphatic heterocycles. The van der Waals surface area contributed by atoms with E-state index in [9.17, 15) is 4.79 Å². The predicted octanol–water partition coefficient (Wildman–Crippen LogP) is 1.85. The molecule has 1 aromatic carbocycles. The van der Waals surface area contributed by atoms with Gasteiger partial charge in [-0.15, -0.1) is 0 Å². The Balaban J connectivity index is 2.03. The van der Waals surface area contributed by atoms with Gasteiger partial charge in [0.1, 0.15) is 5.82 Å². The number of hydrogen-bond acceptors (Lipinski definition) is 4. The molecule has 4 nitrogen and oxygen atoms in total. The number of rotatable bonds is 2. The van der Waals surface area contributed by atoms with Crippen molar-refractivity contribution in [2.45, 2.75) is 19.9 Å². The molecule has 0 unspecified atom stereocenters. The number of pyridine rings is 1. The first-order chi connectivity index (χ1) is 9.66. The molecule has 20 heavy (non-hydrogen) atoms. The molecule has 0 saturated carbocycles. The van der Waals surface area contributed by atoms with Crippen LogP contribution in [0.15, 0.2) is 30.5 Å². The molecule has 1 aliphatic rings. The van der Waals surface area contributed by atoms with Crippen molar-refractivity contribution >= 4 is 11.6 Å². The van der Waals surface area contributed by atoms with Crippen LogP contribution in [-0.2, 0) is 13.0 Å². The zero-order valence-electron chi connectivity index (χ0n) is 11.4. The third-order valence-electron chi connectivity index (χ3n) is 3.77. The second-order valence-electron chi connectivity index (χ2n) is 5.13. The first-order valence-electron chi connectivity index (χ1n) is 6.75. The van der Waals surface area contributed by atoms with Crippen molar-refractivity contribution in [3.8, 4) is 0 Å². The highest BCUT2D eigenvalue weighted by Crippen LogP contribution is 2.22. The molecule has 4 heteroatoms. The van der Waals surface area contributed by atoms with Gasteiger partial charge in [-0.25, -0.2) is 4.98 Å². The Labute approximate surface area is 118 Å². The van der Waals surface area contributed by atoms with Crippen LogP contribution in [0.4, 0.5) is 5.82 Å². The lowest BCUT2D eigenvalue weighted by Gasteiger charge is -2.18. The minimum atomic E-state index is -0.0542. The minimum absolute atomic E-state index is 0.0542. The first kappa shape index (κ1) is 12.8. The van der Waals surface area contributed by atoms with Crippen LogP contribution in [0.5, 0.6) is 0 Å². The van der Waals surface area contributed by atoms with Crippen LogP contribution in [0.3, 0.4) is 0 Å². The van der Waals surface area contributed by atoms with Gasteiger partial charge in [0.2, 0.25) is 0 Å². The Kier molecular flexibility index (Phi) is 3.24. The molecule has 2 heterocycles. The topological polar surface area (TPSA) is 68.0 Å². The number of anilines is 1. The van der Waals surface area contributed by atoms with Gasteiger partial charge in [0.15, 0.2) is 5.78 Å². The van der Waals surface area contributed by atoms with Gasteiger partial charge in [0, 0.05) is 18.3 Å². The van der Waals surface area contributed by atoms with Crippen molar-refractivity contribution in [2.75, 3.05) is 12.3 Å². The average Bonchev–Trinajstić information content (AvgIpc) is 2.46. The van der Waals surface area contributed by atoms with Gasteiger partial charge in [0.25, 0.3) is 0 Å². The Hall–Kier alpha value is -2.20. The van der Waals surface area contributed by atoms with Crippen LogP contribution in [-0.4, -0.2) is 17.3 Å². The van der Waals surface area contributed by atoms with Crippen molar-refractivity contribution in [3.05, 3.63) is 58.3 Å².